The zero-order valence-electron chi connectivity index (χ0n) is 30.2. The van der Waals surface area contributed by atoms with E-state index in [-0.39, 0.29) is 0 Å². The van der Waals surface area contributed by atoms with Crippen molar-refractivity contribution in [3.05, 3.63) is 0 Å². The Balaban J connectivity index is 1.77. The molecule has 0 aromatic rings. The molecule has 0 unspecified atom stereocenters. The minimum Gasteiger partial charge on any atom is -0.465 e. The van der Waals surface area contributed by atoms with Crippen molar-refractivity contribution in [2.75, 3.05) is 20.3 Å². The highest BCUT2D eigenvalue weighted by atomic mass is 16.9. The van der Waals surface area contributed by atoms with Gasteiger partial charge in [-0.3, -0.25) is 24.0 Å². The third-order valence-electron chi connectivity index (χ3n) is 8.23. The zero-order chi connectivity index (χ0) is 38.1. The second-order valence-electron chi connectivity index (χ2n) is 13.4. The number of esters is 5. The maximum Gasteiger partial charge on any atom is 0.366 e. The van der Waals surface area contributed by atoms with Crippen LogP contribution in [0.15, 0.2) is 0 Å². The van der Waals surface area contributed by atoms with Crippen LogP contribution in [-0.2, 0) is 85.6 Å². The van der Waals surface area contributed by atoms with Crippen molar-refractivity contribution in [2.45, 2.75) is 147 Å². The number of nitrogens with one attached hydrogen (secondary N) is 1. The van der Waals surface area contributed by atoms with E-state index in [9.17, 15) is 28.8 Å². The van der Waals surface area contributed by atoms with Crippen LogP contribution in [0.3, 0.4) is 0 Å². The predicted molar refractivity (Wildman–Crippen MR) is 164 cm³/mol. The Bertz CT molecular complexity index is 1350. The first-order valence-corrected chi connectivity index (χ1v) is 16.3. The number of rotatable bonds is 12. The number of ether oxygens (including phenoxy) is 12. The lowest BCUT2D eigenvalue weighted by atomic mass is 9.88. The van der Waals surface area contributed by atoms with Gasteiger partial charge in [-0.2, -0.15) is 0 Å². The first-order chi connectivity index (χ1) is 23.7. The lowest BCUT2D eigenvalue weighted by Gasteiger charge is -2.49. The molecule has 4 rings (SSSR count). The maximum absolute atomic E-state index is 13.8. The number of amides is 1. The molecule has 4 fully saturated rings. The quantitative estimate of drug-likeness (QED) is 0.204. The van der Waals surface area contributed by atoms with Crippen molar-refractivity contribution < 1.29 is 85.6 Å². The smallest absolute Gasteiger partial charge is 0.366 e. The monoisotopic (exact) mass is 733 g/mol. The third-order valence-corrected chi connectivity index (χ3v) is 8.23. The van der Waals surface area contributed by atoms with Crippen LogP contribution in [0, 0.1) is 0 Å². The summed E-state index contributed by atoms with van der Waals surface area (Å²) >= 11 is 0. The van der Waals surface area contributed by atoms with Crippen LogP contribution in [0.25, 0.3) is 0 Å². The Morgan fingerprint density at radius 2 is 1.37 bits per heavy atom. The Labute approximate surface area is 294 Å². The summed E-state index contributed by atoms with van der Waals surface area (Å²) in [6.07, 6.45) is -10.9. The maximum atomic E-state index is 13.8. The van der Waals surface area contributed by atoms with Crippen molar-refractivity contribution in [3.8, 4) is 0 Å². The van der Waals surface area contributed by atoms with Gasteiger partial charge in [0.15, 0.2) is 30.1 Å². The normalized spacial score (nSPS) is 34.5. The van der Waals surface area contributed by atoms with Gasteiger partial charge in [-0.05, 0) is 27.7 Å². The third kappa shape index (κ3) is 9.70. The van der Waals surface area contributed by atoms with Crippen molar-refractivity contribution in [2.24, 2.45) is 0 Å². The molecule has 0 aromatic carbocycles. The molecule has 4 saturated heterocycles. The van der Waals surface area contributed by atoms with Gasteiger partial charge in [0.25, 0.3) is 5.79 Å². The molecular formula is C32H47NO18. The lowest BCUT2D eigenvalue weighted by Crippen LogP contribution is -2.69. The van der Waals surface area contributed by atoms with Gasteiger partial charge in [0.05, 0.1) is 26.2 Å². The van der Waals surface area contributed by atoms with Gasteiger partial charge in [-0.15, -0.1) is 0 Å². The van der Waals surface area contributed by atoms with Crippen LogP contribution >= 0.6 is 0 Å². The van der Waals surface area contributed by atoms with Crippen molar-refractivity contribution in [1.29, 1.82) is 0 Å². The molecule has 51 heavy (non-hydrogen) atoms. The van der Waals surface area contributed by atoms with E-state index in [1.807, 2.05) is 0 Å². The molecule has 4 aliphatic rings. The van der Waals surface area contributed by atoms with E-state index < -0.39 is 134 Å². The average molecular weight is 734 g/mol. The van der Waals surface area contributed by atoms with Crippen LogP contribution in [0.1, 0.15) is 68.7 Å². The Morgan fingerprint density at radius 3 is 1.94 bits per heavy atom. The first kappa shape index (κ1) is 40.3. The highest BCUT2D eigenvalue weighted by Gasteiger charge is 2.63. The molecule has 0 saturated carbocycles. The number of hydrogen-bond donors (Lipinski definition) is 1. The van der Waals surface area contributed by atoms with Crippen LogP contribution in [-0.4, -0.2) is 135 Å². The van der Waals surface area contributed by atoms with Crippen LogP contribution < -0.4 is 5.32 Å². The summed E-state index contributed by atoms with van der Waals surface area (Å²) in [5.74, 6) is -9.66. The zero-order valence-corrected chi connectivity index (χ0v) is 30.2. The summed E-state index contributed by atoms with van der Waals surface area (Å²) < 4.78 is 69.9. The molecule has 0 aliphatic carbocycles. The topological polar surface area (TPSA) is 225 Å². The second-order valence-corrected chi connectivity index (χ2v) is 13.4. The molecule has 0 radical (unpaired) electrons. The van der Waals surface area contributed by atoms with Crippen molar-refractivity contribution in [1.82, 2.24) is 5.32 Å². The molecule has 0 aromatic heterocycles. The average Bonchev–Trinajstić information content (AvgIpc) is 3.50. The first-order valence-electron chi connectivity index (χ1n) is 16.3. The fourth-order valence-electron chi connectivity index (χ4n) is 6.59. The highest BCUT2D eigenvalue weighted by molar-refractivity contribution is 5.79. The summed E-state index contributed by atoms with van der Waals surface area (Å²) in [4.78, 5) is 75.2. The van der Waals surface area contributed by atoms with E-state index in [4.69, 9.17) is 56.8 Å². The molecule has 1 amide bonds. The van der Waals surface area contributed by atoms with E-state index in [2.05, 4.69) is 5.32 Å². The number of hydrogen-bond acceptors (Lipinski definition) is 18. The van der Waals surface area contributed by atoms with E-state index in [0.717, 1.165) is 41.7 Å². The molecule has 4 aliphatic heterocycles. The van der Waals surface area contributed by atoms with Gasteiger partial charge >= 0.3 is 29.8 Å². The molecule has 11 atom stereocenters. The SMILES string of the molecule is COC(=O)[C@]1(OC[C@H]2O[C@@H]3OC(C)(C)O[C@@H]3[C@H]3OC(C)(C)O[C@H]32)C[C@H](OC(C)=O)[C@@H](NC(C)=O)[C@H]([C@H](OC(C)=O)[C@@H](COC(C)=O)OC(C)=O)O1. The molecule has 1 N–H and O–H groups in total. The largest absolute Gasteiger partial charge is 0.465 e. The highest BCUT2D eigenvalue weighted by Crippen LogP contribution is 2.45. The van der Waals surface area contributed by atoms with E-state index in [0.29, 0.717) is 0 Å². The van der Waals surface area contributed by atoms with Crippen LogP contribution in [0.2, 0.25) is 0 Å². The molecular weight excluding hydrogens is 686 g/mol. The second kappa shape index (κ2) is 15.6. The lowest BCUT2D eigenvalue weighted by molar-refractivity contribution is -0.327. The van der Waals surface area contributed by atoms with Gasteiger partial charge in [0.2, 0.25) is 5.91 Å². The number of methoxy groups -OCH3 is 1. The minimum absolute atomic E-state index is 0.438. The molecule has 19 heteroatoms. The Hall–Kier alpha value is -3.46. The summed E-state index contributed by atoms with van der Waals surface area (Å²) in [5.41, 5.74) is 0. The number of carbonyl (C=O) groups excluding carboxylic acids is 6. The van der Waals surface area contributed by atoms with Gasteiger partial charge < -0.3 is 62.2 Å². The predicted octanol–water partition coefficient (Wildman–Crippen LogP) is -0.0794. The van der Waals surface area contributed by atoms with Crippen LogP contribution in [0.5, 0.6) is 0 Å². The Kier molecular flexibility index (Phi) is 12.4. The summed E-state index contributed by atoms with van der Waals surface area (Å²) in [5, 5.41) is 2.61. The van der Waals surface area contributed by atoms with Gasteiger partial charge in [0, 0.05) is 34.6 Å². The molecule has 19 nitrogen and oxygen atoms in total. The minimum atomic E-state index is -2.45. The van der Waals surface area contributed by atoms with E-state index in [1.54, 1.807) is 27.7 Å². The Morgan fingerprint density at radius 1 is 0.765 bits per heavy atom. The van der Waals surface area contributed by atoms with Gasteiger partial charge in [-0.1, -0.05) is 0 Å². The fourth-order valence-corrected chi connectivity index (χ4v) is 6.59. The van der Waals surface area contributed by atoms with E-state index >= 15 is 0 Å². The molecule has 0 bridgehead atoms. The molecule has 0 spiro atoms. The van der Waals surface area contributed by atoms with Crippen molar-refractivity contribution in [3.63, 3.8) is 0 Å². The molecule has 4 heterocycles. The van der Waals surface area contributed by atoms with Gasteiger partial charge in [0.1, 0.15) is 43.2 Å². The van der Waals surface area contributed by atoms with Crippen molar-refractivity contribution >= 4 is 35.8 Å². The fraction of sp³-hybridized carbons (Fsp3) is 0.812. The van der Waals surface area contributed by atoms with Gasteiger partial charge in [-0.25, -0.2) is 4.79 Å². The summed E-state index contributed by atoms with van der Waals surface area (Å²) in [6.45, 7) is 11.2. The number of carbonyl (C=O) groups is 6. The summed E-state index contributed by atoms with van der Waals surface area (Å²) in [7, 11) is 1.05. The summed E-state index contributed by atoms with van der Waals surface area (Å²) in [6, 6.07) is -1.36. The van der Waals surface area contributed by atoms with E-state index in [1.165, 1.54) is 0 Å². The molecule has 288 valence electrons. The number of fused-ring (bicyclic) bond motifs is 3. The van der Waals surface area contributed by atoms with Crippen LogP contribution in [0.4, 0.5) is 0 Å². The standard InChI is InChI=1S/C32H47NO18/c1-14(34)33-22-19(43-16(3)36)11-32(29(39)40-10,50-25(22)23(45-18(5)38)20(44-17(4)37)12-41-15(2)35)42-13-21-24-26(48-30(6,7)47-24)27-28(46-21)51-31(8,9)49-27/h19-28H,11-13H2,1-10H3,(H,33,34)/t19-,20+,21+,22+,23+,24-,25+,26-,27+,28+,32-/m0/s1.